The lowest BCUT2D eigenvalue weighted by atomic mass is 10.0. The summed E-state index contributed by atoms with van der Waals surface area (Å²) in [4.78, 5) is 0. The first-order chi connectivity index (χ1) is 9.13. The maximum Gasteiger partial charge on any atom is 0.263 e. The Bertz CT molecular complexity index is 613. The van der Waals surface area contributed by atoms with Crippen molar-refractivity contribution in [2.24, 2.45) is 0 Å². The quantitative estimate of drug-likeness (QED) is 0.750. The molecule has 0 amide bonds. The van der Waals surface area contributed by atoms with Gasteiger partial charge in [-0.25, -0.2) is 8.78 Å². The van der Waals surface area contributed by atoms with Crippen LogP contribution in [0.1, 0.15) is 29.2 Å². The van der Waals surface area contributed by atoms with Gasteiger partial charge >= 0.3 is 0 Å². The Morgan fingerprint density at radius 1 is 1.16 bits per heavy atom. The lowest BCUT2D eigenvalue weighted by Crippen LogP contribution is -2.02. The maximum absolute atomic E-state index is 12.7. The molecule has 0 spiro atoms. The standard InChI is InChI=1S/C15H11BrF2O/c16-12-3-1-2-9(7-12)14-8-11-6-10(15(17)18)4-5-13(11)19-14/h1-7,14-15H,8H2. The van der Waals surface area contributed by atoms with E-state index in [-0.39, 0.29) is 11.7 Å². The molecule has 2 aromatic rings. The molecule has 0 aromatic heterocycles. The first-order valence-electron chi connectivity index (χ1n) is 5.96. The van der Waals surface area contributed by atoms with Crippen LogP contribution >= 0.6 is 15.9 Å². The van der Waals surface area contributed by atoms with Gasteiger partial charge in [0.2, 0.25) is 0 Å². The molecule has 3 rings (SSSR count). The summed E-state index contributed by atoms with van der Waals surface area (Å²) in [6.07, 6.45) is -1.90. The van der Waals surface area contributed by atoms with Crippen LogP contribution in [0.5, 0.6) is 5.75 Å². The van der Waals surface area contributed by atoms with Crippen molar-refractivity contribution in [3.63, 3.8) is 0 Å². The van der Waals surface area contributed by atoms with E-state index in [0.29, 0.717) is 12.2 Å². The predicted octanol–water partition coefficient (Wildman–Crippen LogP) is 5.06. The SMILES string of the molecule is FC(F)c1ccc2c(c1)CC(c1cccc(Br)c1)O2. The molecule has 98 valence electrons. The van der Waals surface area contributed by atoms with E-state index in [0.717, 1.165) is 15.6 Å². The van der Waals surface area contributed by atoms with Crippen molar-refractivity contribution in [1.82, 2.24) is 0 Å². The molecule has 1 aliphatic heterocycles. The molecule has 1 atom stereocenters. The molecule has 1 nitrogen and oxygen atoms in total. The number of fused-ring (bicyclic) bond motifs is 1. The van der Waals surface area contributed by atoms with Crippen LogP contribution in [0.25, 0.3) is 0 Å². The van der Waals surface area contributed by atoms with Gasteiger partial charge < -0.3 is 4.74 Å². The molecule has 0 fully saturated rings. The smallest absolute Gasteiger partial charge is 0.263 e. The van der Waals surface area contributed by atoms with Crippen LogP contribution in [0.2, 0.25) is 0 Å². The van der Waals surface area contributed by atoms with E-state index in [1.807, 2.05) is 24.3 Å². The third-order valence-electron chi connectivity index (χ3n) is 3.23. The molecule has 19 heavy (non-hydrogen) atoms. The minimum Gasteiger partial charge on any atom is -0.485 e. The number of rotatable bonds is 2. The molecule has 0 saturated carbocycles. The average Bonchev–Trinajstić information content (AvgIpc) is 2.81. The van der Waals surface area contributed by atoms with Crippen LogP contribution in [-0.2, 0) is 6.42 Å². The van der Waals surface area contributed by atoms with E-state index >= 15 is 0 Å². The van der Waals surface area contributed by atoms with Gasteiger partial charge in [-0.3, -0.25) is 0 Å². The van der Waals surface area contributed by atoms with Crippen LogP contribution in [0.3, 0.4) is 0 Å². The summed E-state index contributed by atoms with van der Waals surface area (Å²) in [7, 11) is 0. The van der Waals surface area contributed by atoms with Gasteiger partial charge in [0, 0.05) is 16.5 Å². The third-order valence-corrected chi connectivity index (χ3v) is 3.72. The summed E-state index contributed by atoms with van der Waals surface area (Å²) in [5, 5.41) is 0. The van der Waals surface area contributed by atoms with E-state index in [2.05, 4.69) is 15.9 Å². The number of benzene rings is 2. The first-order valence-corrected chi connectivity index (χ1v) is 6.76. The Morgan fingerprint density at radius 3 is 2.74 bits per heavy atom. The van der Waals surface area contributed by atoms with Gasteiger partial charge in [0.1, 0.15) is 11.9 Å². The van der Waals surface area contributed by atoms with E-state index in [1.54, 1.807) is 6.07 Å². The number of hydrogen-bond acceptors (Lipinski definition) is 1. The lowest BCUT2D eigenvalue weighted by Gasteiger charge is -2.11. The van der Waals surface area contributed by atoms with Crippen molar-refractivity contribution in [1.29, 1.82) is 0 Å². The Labute approximate surface area is 118 Å². The molecule has 2 aromatic carbocycles. The molecule has 0 saturated heterocycles. The zero-order valence-corrected chi connectivity index (χ0v) is 11.5. The van der Waals surface area contributed by atoms with Crippen LogP contribution in [0.4, 0.5) is 8.78 Å². The number of hydrogen-bond donors (Lipinski definition) is 0. The summed E-state index contributed by atoms with van der Waals surface area (Å²) < 4.78 is 32.1. The summed E-state index contributed by atoms with van der Waals surface area (Å²) in [5.74, 6) is 0.703. The highest BCUT2D eigenvalue weighted by atomic mass is 79.9. The fourth-order valence-corrected chi connectivity index (χ4v) is 2.71. The van der Waals surface area contributed by atoms with Gasteiger partial charge in [0.15, 0.2) is 0 Å². The normalized spacial score (nSPS) is 17.4. The predicted molar refractivity (Wildman–Crippen MR) is 72.6 cm³/mol. The molecule has 1 aliphatic rings. The average molecular weight is 325 g/mol. The fourth-order valence-electron chi connectivity index (χ4n) is 2.30. The molecule has 0 aliphatic carbocycles. The molecule has 1 heterocycles. The topological polar surface area (TPSA) is 9.23 Å². The number of alkyl halides is 2. The summed E-state index contributed by atoms with van der Waals surface area (Å²) in [6, 6.07) is 12.5. The van der Waals surface area contributed by atoms with Crippen LogP contribution in [0, 0.1) is 0 Å². The second-order valence-electron chi connectivity index (χ2n) is 4.53. The Hall–Kier alpha value is -1.42. The molecule has 0 N–H and O–H groups in total. The number of halogens is 3. The molecule has 0 radical (unpaired) electrons. The van der Waals surface area contributed by atoms with Gasteiger partial charge in [0.05, 0.1) is 0 Å². The lowest BCUT2D eigenvalue weighted by molar-refractivity contribution is 0.151. The summed E-state index contributed by atoms with van der Waals surface area (Å²) in [5.41, 5.74) is 1.95. The van der Waals surface area contributed by atoms with Crippen molar-refractivity contribution in [2.75, 3.05) is 0 Å². The fraction of sp³-hybridized carbons (Fsp3) is 0.200. The minimum absolute atomic E-state index is 0.0530. The first kappa shape index (κ1) is 12.6. The largest absolute Gasteiger partial charge is 0.485 e. The van der Waals surface area contributed by atoms with E-state index < -0.39 is 6.43 Å². The minimum atomic E-state index is -2.43. The molecular formula is C15H11BrF2O. The van der Waals surface area contributed by atoms with Gasteiger partial charge in [0.25, 0.3) is 6.43 Å². The van der Waals surface area contributed by atoms with Crippen molar-refractivity contribution < 1.29 is 13.5 Å². The molecule has 1 unspecified atom stereocenters. The number of ether oxygens (including phenoxy) is 1. The second-order valence-corrected chi connectivity index (χ2v) is 5.45. The van der Waals surface area contributed by atoms with Crippen molar-refractivity contribution in [3.05, 3.63) is 63.6 Å². The van der Waals surface area contributed by atoms with Crippen LogP contribution in [-0.4, -0.2) is 0 Å². The van der Waals surface area contributed by atoms with Gasteiger partial charge in [-0.05, 0) is 41.5 Å². The van der Waals surface area contributed by atoms with Crippen LogP contribution < -0.4 is 4.74 Å². The maximum atomic E-state index is 12.7. The Balaban J connectivity index is 1.88. The summed E-state index contributed by atoms with van der Waals surface area (Å²) in [6.45, 7) is 0. The molecular weight excluding hydrogens is 314 g/mol. The third kappa shape index (κ3) is 2.50. The highest BCUT2D eigenvalue weighted by molar-refractivity contribution is 9.10. The van der Waals surface area contributed by atoms with E-state index in [4.69, 9.17) is 4.74 Å². The highest BCUT2D eigenvalue weighted by Crippen LogP contribution is 2.38. The zero-order valence-electron chi connectivity index (χ0n) is 9.95. The zero-order chi connectivity index (χ0) is 13.4. The summed E-state index contributed by atoms with van der Waals surface area (Å²) >= 11 is 3.42. The van der Waals surface area contributed by atoms with E-state index in [9.17, 15) is 8.78 Å². The van der Waals surface area contributed by atoms with Gasteiger partial charge in [-0.1, -0.05) is 28.1 Å². The van der Waals surface area contributed by atoms with Crippen LogP contribution in [0.15, 0.2) is 46.9 Å². The second kappa shape index (κ2) is 4.93. The van der Waals surface area contributed by atoms with Gasteiger partial charge in [-0.15, -0.1) is 0 Å². The van der Waals surface area contributed by atoms with Crippen molar-refractivity contribution in [2.45, 2.75) is 19.0 Å². The van der Waals surface area contributed by atoms with Gasteiger partial charge in [-0.2, -0.15) is 0 Å². The monoisotopic (exact) mass is 324 g/mol. The Kier molecular flexibility index (Phi) is 3.27. The highest BCUT2D eigenvalue weighted by Gasteiger charge is 2.25. The van der Waals surface area contributed by atoms with Crippen molar-refractivity contribution in [3.8, 4) is 5.75 Å². The molecule has 0 bridgehead atoms. The van der Waals surface area contributed by atoms with Crippen molar-refractivity contribution >= 4 is 15.9 Å². The molecule has 4 heteroatoms. The Morgan fingerprint density at radius 2 is 2.00 bits per heavy atom. The van der Waals surface area contributed by atoms with E-state index in [1.165, 1.54) is 12.1 Å².